The smallest absolute Gasteiger partial charge is 0.203 e. The van der Waals surface area contributed by atoms with Gasteiger partial charge in [0.1, 0.15) is 0 Å². The number of hydrogen-bond acceptors (Lipinski definition) is 7. The van der Waals surface area contributed by atoms with Crippen molar-refractivity contribution in [2.45, 2.75) is 49.0 Å². The number of ether oxygens (including phenoxy) is 6. The van der Waals surface area contributed by atoms with Crippen LogP contribution in [-0.4, -0.2) is 54.5 Å². The predicted octanol–water partition coefficient (Wildman–Crippen LogP) is 5.91. The fraction of sp³-hybridized carbons (Fsp3) is 0.538. The summed E-state index contributed by atoms with van der Waals surface area (Å²) in [5.41, 5.74) is 2.33. The van der Waals surface area contributed by atoms with Crippen LogP contribution in [0.5, 0.6) is 28.7 Å². The van der Waals surface area contributed by atoms with Crippen LogP contribution in [0.15, 0.2) is 29.2 Å². The maximum atomic E-state index is 6.10. The van der Waals surface area contributed by atoms with E-state index in [1.807, 2.05) is 12.1 Å². The highest BCUT2D eigenvalue weighted by molar-refractivity contribution is 7.98. The highest BCUT2D eigenvalue weighted by atomic mass is 32.2. The molecule has 0 heterocycles. The van der Waals surface area contributed by atoms with Gasteiger partial charge in [-0.15, -0.1) is 11.8 Å². The van der Waals surface area contributed by atoms with E-state index in [1.165, 1.54) is 5.56 Å². The van der Waals surface area contributed by atoms with E-state index >= 15 is 0 Å². The van der Waals surface area contributed by atoms with Gasteiger partial charge in [0, 0.05) is 18.9 Å². The van der Waals surface area contributed by atoms with Crippen LogP contribution in [0.2, 0.25) is 0 Å². The summed E-state index contributed by atoms with van der Waals surface area (Å²) in [6.07, 6.45) is 5.02. The molecule has 2 aromatic carbocycles. The van der Waals surface area contributed by atoms with Crippen molar-refractivity contribution in [1.82, 2.24) is 0 Å². The molecule has 0 aliphatic heterocycles. The van der Waals surface area contributed by atoms with Crippen molar-refractivity contribution in [2.75, 3.05) is 48.4 Å². The van der Waals surface area contributed by atoms with Gasteiger partial charge in [0.15, 0.2) is 23.0 Å². The molecule has 7 heteroatoms. The number of rotatable bonds is 11. The number of methoxy groups -OCH3 is 5. The molecule has 1 saturated carbocycles. The summed E-state index contributed by atoms with van der Waals surface area (Å²) in [7, 11) is 8.40. The Bertz CT molecular complexity index is 881. The first-order valence-electron chi connectivity index (χ1n) is 11.3. The number of thioether (sulfide) groups is 1. The van der Waals surface area contributed by atoms with Crippen LogP contribution < -0.4 is 23.7 Å². The summed E-state index contributed by atoms with van der Waals surface area (Å²) in [6.45, 7) is 2.77. The maximum absolute atomic E-state index is 6.10. The quantitative estimate of drug-likeness (QED) is 0.374. The van der Waals surface area contributed by atoms with E-state index in [0.717, 1.165) is 41.2 Å². The van der Waals surface area contributed by atoms with E-state index in [4.69, 9.17) is 28.4 Å². The molecule has 0 bridgehead atoms. The van der Waals surface area contributed by atoms with E-state index in [9.17, 15) is 0 Å². The molecule has 6 nitrogen and oxygen atoms in total. The first kappa shape index (κ1) is 25.4. The lowest BCUT2D eigenvalue weighted by molar-refractivity contribution is 0.0804. The second kappa shape index (κ2) is 11.7. The first-order valence-corrected chi connectivity index (χ1v) is 12.5. The molecule has 0 saturated heterocycles. The Morgan fingerprint density at radius 3 is 1.70 bits per heavy atom. The second-order valence-electron chi connectivity index (χ2n) is 8.05. The highest BCUT2D eigenvalue weighted by Crippen LogP contribution is 2.50. The van der Waals surface area contributed by atoms with Crippen molar-refractivity contribution < 1.29 is 28.4 Å². The van der Waals surface area contributed by atoms with E-state index in [-0.39, 0.29) is 17.9 Å². The molecule has 0 unspecified atom stereocenters. The first-order chi connectivity index (χ1) is 16.1. The molecule has 33 heavy (non-hydrogen) atoms. The largest absolute Gasteiger partial charge is 0.493 e. The van der Waals surface area contributed by atoms with Crippen molar-refractivity contribution in [2.24, 2.45) is 0 Å². The molecular formula is C26H36O6S. The average Bonchev–Trinajstić information content (AvgIpc) is 3.30. The van der Waals surface area contributed by atoms with Gasteiger partial charge < -0.3 is 28.4 Å². The molecule has 3 atom stereocenters. The molecule has 1 aliphatic carbocycles. The van der Waals surface area contributed by atoms with Crippen LogP contribution in [0, 0.1) is 0 Å². The summed E-state index contributed by atoms with van der Waals surface area (Å²) in [4.78, 5) is 1.09. The monoisotopic (exact) mass is 476 g/mol. The van der Waals surface area contributed by atoms with Crippen LogP contribution in [-0.2, 0) is 4.74 Å². The van der Waals surface area contributed by atoms with Gasteiger partial charge in [-0.3, -0.25) is 0 Å². The van der Waals surface area contributed by atoms with Gasteiger partial charge in [-0.25, -0.2) is 0 Å². The van der Waals surface area contributed by atoms with Crippen molar-refractivity contribution in [3.63, 3.8) is 0 Å². The van der Waals surface area contributed by atoms with Crippen molar-refractivity contribution in [1.29, 1.82) is 0 Å². The van der Waals surface area contributed by atoms with Gasteiger partial charge in [0.2, 0.25) is 5.75 Å². The second-order valence-corrected chi connectivity index (χ2v) is 8.90. The summed E-state index contributed by atoms with van der Waals surface area (Å²) in [5, 5.41) is 0. The Balaban J connectivity index is 1.98. The zero-order valence-electron chi connectivity index (χ0n) is 20.7. The fourth-order valence-electron chi connectivity index (χ4n) is 4.79. The van der Waals surface area contributed by atoms with Gasteiger partial charge in [-0.2, -0.15) is 0 Å². The minimum absolute atomic E-state index is 0.00892. The molecule has 0 amide bonds. The average molecular weight is 477 g/mol. The van der Waals surface area contributed by atoms with Gasteiger partial charge >= 0.3 is 0 Å². The molecular weight excluding hydrogens is 440 g/mol. The predicted molar refractivity (Wildman–Crippen MR) is 132 cm³/mol. The minimum atomic E-state index is 0.00892. The summed E-state index contributed by atoms with van der Waals surface area (Å²) >= 11 is 1.68. The van der Waals surface area contributed by atoms with Crippen LogP contribution in [0.3, 0.4) is 0 Å². The third kappa shape index (κ3) is 5.14. The molecule has 1 fully saturated rings. The lowest BCUT2D eigenvalue weighted by Gasteiger charge is -2.26. The third-order valence-corrected chi connectivity index (χ3v) is 7.07. The van der Waals surface area contributed by atoms with Crippen LogP contribution in [0.25, 0.3) is 0 Å². The molecule has 0 N–H and O–H groups in total. The summed E-state index contributed by atoms with van der Waals surface area (Å²) in [5.74, 6) is 3.96. The molecule has 2 aromatic rings. The zero-order chi connectivity index (χ0) is 24.0. The SMILES string of the molecule is CCCOc1c(OC)cc([C@H]2CC[C@H](c3cc(OC)c(OC)c(OC)c3)[C@H]2OC)cc1SC. The molecule has 0 radical (unpaired) electrons. The lowest BCUT2D eigenvalue weighted by atomic mass is 9.89. The van der Waals surface area contributed by atoms with Crippen molar-refractivity contribution in [3.05, 3.63) is 35.4 Å². The highest BCUT2D eigenvalue weighted by Gasteiger charge is 2.39. The van der Waals surface area contributed by atoms with Gasteiger partial charge in [0.05, 0.1) is 46.0 Å². The molecule has 0 spiro atoms. The number of benzene rings is 2. The van der Waals surface area contributed by atoms with E-state index in [1.54, 1.807) is 47.3 Å². The molecule has 1 aliphatic rings. The maximum Gasteiger partial charge on any atom is 0.203 e. The van der Waals surface area contributed by atoms with Crippen LogP contribution in [0.1, 0.15) is 49.1 Å². The van der Waals surface area contributed by atoms with Crippen molar-refractivity contribution in [3.8, 4) is 28.7 Å². The van der Waals surface area contributed by atoms with Gasteiger partial charge in [-0.1, -0.05) is 6.92 Å². The van der Waals surface area contributed by atoms with Gasteiger partial charge in [0.25, 0.3) is 0 Å². The van der Waals surface area contributed by atoms with E-state index in [0.29, 0.717) is 23.9 Å². The molecule has 3 rings (SSSR count). The van der Waals surface area contributed by atoms with Crippen LogP contribution >= 0.6 is 11.8 Å². The summed E-state index contributed by atoms with van der Waals surface area (Å²) in [6, 6.07) is 8.41. The Hall–Kier alpha value is -2.25. The lowest BCUT2D eigenvalue weighted by Crippen LogP contribution is -2.21. The zero-order valence-corrected chi connectivity index (χ0v) is 21.5. The Labute approximate surface area is 201 Å². The normalized spacial score (nSPS) is 19.9. The Morgan fingerprint density at radius 2 is 1.27 bits per heavy atom. The minimum Gasteiger partial charge on any atom is -0.493 e. The Morgan fingerprint density at radius 1 is 0.758 bits per heavy atom. The molecule has 0 aromatic heterocycles. The van der Waals surface area contributed by atoms with Gasteiger partial charge in [-0.05, 0) is 60.9 Å². The third-order valence-electron chi connectivity index (χ3n) is 6.33. The van der Waals surface area contributed by atoms with E-state index in [2.05, 4.69) is 25.3 Å². The summed E-state index contributed by atoms with van der Waals surface area (Å²) < 4.78 is 34.5. The van der Waals surface area contributed by atoms with Crippen molar-refractivity contribution >= 4 is 11.8 Å². The number of hydrogen-bond donors (Lipinski definition) is 0. The molecule has 182 valence electrons. The Kier molecular flexibility index (Phi) is 9.03. The topological polar surface area (TPSA) is 55.4 Å². The van der Waals surface area contributed by atoms with E-state index < -0.39 is 0 Å². The standard InChI is InChI=1S/C26H36O6S/c1-8-11-32-26-22(29-4)14-17(15-23(26)33-7)19-10-9-18(24(19)30-5)16-12-20(27-2)25(31-6)21(13-16)28-3/h12-15,18-19,24H,8-11H2,1-7H3/t18-,19-,24-/m1/s1. The fourth-order valence-corrected chi connectivity index (χ4v) is 5.38. The van der Waals surface area contributed by atoms with Crippen LogP contribution in [0.4, 0.5) is 0 Å².